The highest BCUT2D eigenvalue weighted by molar-refractivity contribution is 5.44. The average Bonchev–Trinajstić information content (AvgIpc) is 3.01. The van der Waals surface area contributed by atoms with Crippen molar-refractivity contribution in [1.29, 1.82) is 0 Å². The topological polar surface area (TPSA) is 68.4 Å². The lowest BCUT2D eigenvalue weighted by Crippen LogP contribution is -2.18. The van der Waals surface area contributed by atoms with Gasteiger partial charge in [-0.25, -0.2) is 0 Å². The molecule has 2 aromatic heterocycles. The molecule has 0 fully saturated rings. The third-order valence-electron chi connectivity index (χ3n) is 3.16. The Labute approximate surface area is 127 Å². The van der Waals surface area contributed by atoms with E-state index in [1.807, 2.05) is 48.3 Å². The number of aromatic nitrogens is 5. The van der Waals surface area contributed by atoms with Crippen LogP contribution in [0.3, 0.4) is 0 Å². The summed E-state index contributed by atoms with van der Waals surface area (Å²) < 4.78 is 6.88. The van der Waals surface area contributed by atoms with Gasteiger partial charge in [0.15, 0.2) is 11.5 Å². The number of ether oxygens (including phenoxy) is 1. The first-order valence-corrected chi connectivity index (χ1v) is 6.85. The molecule has 0 aliphatic rings. The van der Waals surface area contributed by atoms with Crippen molar-refractivity contribution in [3.05, 3.63) is 54.6 Å². The van der Waals surface area contributed by atoms with Crippen LogP contribution in [0.15, 0.2) is 49.1 Å². The summed E-state index contributed by atoms with van der Waals surface area (Å²) in [6, 6.07) is 11.7. The summed E-state index contributed by atoms with van der Waals surface area (Å²) in [4.78, 5) is 2.03. The number of fused-ring (bicyclic) bond motifs is 1. The molecule has 7 nitrogen and oxygen atoms in total. The standard InChI is InChI=1S/C15H16N6O/c1-3-10-22-13-6-4-12(5-7-13)11-20(2)15-9-8-14-16-18-19-21(14)17-15/h3-9H,1,10-11H2,2H3. The highest BCUT2D eigenvalue weighted by Gasteiger charge is 2.06. The predicted octanol–water partition coefficient (Wildman–Crippen LogP) is 1.72. The monoisotopic (exact) mass is 296 g/mol. The maximum atomic E-state index is 5.47. The summed E-state index contributed by atoms with van der Waals surface area (Å²) >= 11 is 0. The molecule has 0 saturated heterocycles. The molecule has 0 bridgehead atoms. The number of anilines is 1. The van der Waals surface area contributed by atoms with Crippen molar-refractivity contribution in [1.82, 2.24) is 25.3 Å². The van der Waals surface area contributed by atoms with Crippen LogP contribution in [-0.4, -0.2) is 38.9 Å². The lowest BCUT2D eigenvalue weighted by atomic mass is 10.2. The van der Waals surface area contributed by atoms with E-state index in [0.717, 1.165) is 23.7 Å². The van der Waals surface area contributed by atoms with E-state index in [9.17, 15) is 0 Å². The summed E-state index contributed by atoms with van der Waals surface area (Å²) in [6.45, 7) is 4.86. The van der Waals surface area contributed by atoms with E-state index < -0.39 is 0 Å². The van der Waals surface area contributed by atoms with Gasteiger partial charge < -0.3 is 9.64 Å². The maximum absolute atomic E-state index is 5.47. The molecule has 0 unspecified atom stereocenters. The molecule has 1 aromatic carbocycles. The van der Waals surface area contributed by atoms with Gasteiger partial charge in [-0.3, -0.25) is 0 Å². The van der Waals surface area contributed by atoms with Gasteiger partial charge in [0.25, 0.3) is 0 Å². The Bertz CT molecular complexity index is 767. The van der Waals surface area contributed by atoms with E-state index in [4.69, 9.17) is 4.74 Å². The van der Waals surface area contributed by atoms with Gasteiger partial charge in [0, 0.05) is 13.6 Å². The molecule has 112 valence electrons. The van der Waals surface area contributed by atoms with Crippen molar-refractivity contribution >= 4 is 11.5 Å². The zero-order valence-electron chi connectivity index (χ0n) is 12.3. The third kappa shape index (κ3) is 3.03. The van der Waals surface area contributed by atoms with Gasteiger partial charge in [0.05, 0.1) is 0 Å². The van der Waals surface area contributed by atoms with E-state index in [2.05, 4.69) is 27.2 Å². The van der Waals surface area contributed by atoms with Crippen LogP contribution < -0.4 is 9.64 Å². The molecule has 22 heavy (non-hydrogen) atoms. The number of nitrogens with zero attached hydrogens (tertiary/aromatic N) is 6. The molecule has 0 N–H and O–H groups in total. The first-order valence-electron chi connectivity index (χ1n) is 6.85. The van der Waals surface area contributed by atoms with Crippen LogP contribution in [0.4, 0.5) is 5.82 Å². The van der Waals surface area contributed by atoms with E-state index in [1.54, 1.807) is 6.08 Å². The molecule has 0 saturated carbocycles. The van der Waals surface area contributed by atoms with Crippen LogP contribution in [0.2, 0.25) is 0 Å². The van der Waals surface area contributed by atoms with E-state index in [-0.39, 0.29) is 0 Å². The Balaban J connectivity index is 1.70. The van der Waals surface area contributed by atoms with Gasteiger partial charge in [-0.05, 0) is 40.3 Å². The van der Waals surface area contributed by atoms with Crippen LogP contribution in [0.5, 0.6) is 5.75 Å². The highest BCUT2D eigenvalue weighted by Crippen LogP contribution is 2.16. The van der Waals surface area contributed by atoms with E-state index in [1.165, 1.54) is 4.63 Å². The Morgan fingerprint density at radius 3 is 2.82 bits per heavy atom. The van der Waals surface area contributed by atoms with Crippen molar-refractivity contribution in [2.45, 2.75) is 6.54 Å². The summed E-state index contributed by atoms with van der Waals surface area (Å²) in [6.07, 6.45) is 1.72. The molecular formula is C15H16N6O. The van der Waals surface area contributed by atoms with Crippen molar-refractivity contribution in [2.24, 2.45) is 0 Å². The summed E-state index contributed by atoms with van der Waals surface area (Å²) in [5, 5.41) is 15.6. The molecule has 0 radical (unpaired) electrons. The molecule has 0 spiro atoms. The molecule has 3 aromatic rings. The van der Waals surface area contributed by atoms with Crippen LogP contribution in [0.25, 0.3) is 5.65 Å². The Kier molecular flexibility index (Phi) is 3.95. The van der Waals surface area contributed by atoms with Crippen molar-refractivity contribution < 1.29 is 4.74 Å². The lowest BCUT2D eigenvalue weighted by Gasteiger charge is -2.17. The highest BCUT2D eigenvalue weighted by atomic mass is 16.5. The molecule has 0 atom stereocenters. The van der Waals surface area contributed by atoms with Crippen molar-refractivity contribution in [3.63, 3.8) is 0 Å². The number of hydrogen-bond donors (Lipinski definition) is 0. The van der Waals surface area contributed by atoms with Crippen LogP contribution in [0, 0.1) is 0 Å². The zero-order valence-corrected chi connectivity index (χ0v) is 12.3. The lowest BCUT2D eigenvalue weighted by molar-refractivity contribution is 0.363. The normalized spacial score (nSPS) is 10.6. The van der Waals surface area contributed by atoms with Gasteiger partial charge in [-0.1, -0.05) is 24.8 Å². The second-order valence-electron chi connectivity index (χ2n) is 4.82. The third-order valence-corrected chi connectivity index (χ3v) is 3.16. The number of tetrazole rings is 1. The fourth-order valence-corrected chi connectivity index (χ4v) is 2.04. The minimum atomic E-state index is 0.509. The smallest absolute Gasteiger partial charge is 0.200 e. The van der Waals surface area contributed by atoms with E-state index >= 15 is 0 Å². The summed E-state index contributed by atoms with van der Waals surface area (Å²) in [7, 11) is 1.97. The molecule has 0 aliphatic carbocycles. The second kappa shape index (κ2) is 6.21. The minimum absolute atomic E-state index is 0.509. The largest absolute Gasteiger partial charge is 0.490 e. The van der Waals surface area contributed by atoms with Crippen LogP contribution in [0.1, 0.15) is 5.56 Å². The molecule has 3 rings (SSSR count). The van der Waals surface area contributed by atoms with Crippen molar-refractivity contribution in [3.8, 4) is 5.75 Å². The Hall–Kier alpha value is -2.96. The van der Waals surface area contributed by atoms with Gasteiger partial charge in [-0.2, -0.15) is 0 Å². The molecule has 7 heteroatoms. The molecular weight excluding hydrogens is 280 g/mol. The fourth-order valence-electron chi connectivity index (χ4n) is 2.04. The number of rotatable bonds is 6. The average molecular weight is 296 g/mol. The van der Waals surface area contributed by atoms with E-state index in [0.29, 0.717) is 12.3 Å². The fraction of sp³-hybridized carbons (Fsp3) is 0.200. The first-order chi connectivity index (χ1) is 10.8. The van der Waals surface area contributed by atoms with Gasteiger partial charge in [0.1, 0.15) is 12.4 Å². The number of benzene rings is 1. The predicted molar refractivity (Wildman–Crippen MR) is 82.8 cm³/mol. The van der Waals surface area contributed by atoms with Crippen molar-refractivity contribution in [2.75, 3.05) is 18.6 Å². The van der Waals surface area contributed by atoms with Crippen LogP contribution >= 0.6 is 0 Å². The zero-order chi connectivity index (χ0) is 15.4. The van der Waals surface area contributed by atoms with Gasteiger partial charge in [0.2, 0.25) is 0 Å². The van der Waals surface area contributed by atoms with Gasteiger partial charge >= 0.3 is 0 Å². The SMILES string of the molecule is C=CCOc1ccc(CN(C)c2ccc3nnnn3n2)cc1. The Morgan fingerprint density at radius 1 is 1.23 bits per heavy atom. The molecule has 0 amide bonds. The number of hydrogen-bond acceptors (Lipinski definition) is 6. The second-order valence-corrected chi connectivity index (χ2v) is 4.82. The quantitative estimate of drug-likeness (QED) is 0.645. The maximum Gasteiger partial charge on any atom is 0.200 e. The first kappa shape index (κ1) is 14.0. The minimum Gasteiger partial charge on any atom is -0.490 e. The summed E-state index contributed by atoms with van der Waals surface area (Å²) in [5.41, 5.74) is 1.79. The molecule has 0 aliphatic heterocycles. The Morgan fingerprint density at radius 2 is 2.05 bits per heavy atom. The summed E-state index contributed by atoms with van der Waals surface area (Å²) in [5.74, 6) is 1.63. The van der Waals surface area contributed by atoms with Gasteiger partial charge in [-0.15, -0.1) is 14.8 Å². The molecule has 2 heterocycles. The van der Waals surface area contributed by atoms with Crippen LogP contribution in [-0.2, 0) is 6.54 Å².